The van der Waals surface area contributed by atoms with Crippen LogP contribution in [0.4, 0.5) is 5.69 Å². The Morgan fingerprint density at radius 2 is 1.85 bits per heavy atom. The first kappa shape index (κ1) is 19.3. The summed E-state index contributed by atoms with van der Waals surface area (Å²) < 4.78 is 10.4. The predicted molar refractivity (Wildman–Crippen MR) is 106 cm³/mol. The van der Waals surface area contributed by atoms with Gasteiger partial charge in [0.1, 0.15) is 5.75 Å². The molecule has 1 amide bonds. The summed E-state index contributed by atoms with van der Waals surface area (Å²) >= 11 is 5.09. The largest absolute Gasteiger partial charge is 0.506 e. The van der Waals surface area contributed by atoms with Crippen LogP contribution in [-0.4, -0.2) is 30.3 Å². The van der Waals surface area contributed by atoms with E-state index in [1.54, 1.807) is 56.7 Å². The van der Waals surface area contributed by atoms with Crippen molar-refractivity contribution in [1.29, 1.82) is 0 Å². The highest BCUT2D eigenvalue weighted by atomic mass is 32.1. The monoisotopic (exact) mass is 372 g/mol. The molecule has 0 aliphatic heterocycles. The van der Waals surface area contributed by atoms with Crippen LogP contribution in [0.15, 0.2) is 42.5 Å². The highest BCUT2D eigenvalue weighted by molar-refractivity contribution is 7.80. The molecule has 7 heteroatoms. The molecule has 0 aliphatic rings. The zero-order valence-corrected chi connectivity index (χ0v) is 15.5. The first-order valence-corrected chi connectivity index (χ1v) is 8.15. The number of nitrogens with one attached hydrogen (secondary N) is 2. The molecule has 2 rings (SSSR count). The molecule has 0 atom stereocenters. The second-order valence-corrected chi connectivity index (χ2v) is 5.82. The van der Waals surface area contributed by atoms with Gasteiger partial charge in [0.2, 0.25) is 5.91 Å². The molecule has 0 heterocycles. The number of phenolic OH excluding ortho intramolecular Hbond substituents is 1. The number of anilines is 1. The Hall–Kier alpha value is -3.06. The third-order valence-electron chi connectivity index (χ3n) is 3.47. The smallest absolute Gasteiger partial charge is 0.250 e. The number of ether oxygens (including phenoxy) is 2. The SMILES string of the molecule is COc1ccc(/C=C/C(=O)NC(=S)Nc2cc(C)ccc2O)cc1OC. The molecular formula is C19H20N2O4S. The van der Waals surface area contributed by atoms with Gasteiger partial charge >= 0.3 is 0 Å². The van der Waals surface area contributed by atoms with Crippen molar-refractivity contribution in [2.45, 2.75) is 6.92 Å². The summed E-state index contributed by atoms with van der Waals surface area (Å²) in [7, 11) is 3.10. The van der Waals surface area contributed by atoms with E-state index in [-0.39, 0.29) is 10.9 Å². The number of aryl methyl sites for hydroxylation is 1. The van der Waals surface area contributed by atoms with E-state index in [9.17, 15) is 9.90 Å². The number of carbonyl (C=O) groups is 1. The van der Waals surface area contributed by atoms with Crippen molar-refractivity contribution in [3.05, 3.63) is 53.6 Å². The molecule has 136 valence electrons. The van der Waals surface area contributed by atoms with Gasteiger partial charge in [0, 0.05) is 6.08 Å². The summed E-state index contributed by atoms with van der Waals surface area (Å²) in [5.41, 5.74) is 2.15. The maximum absolute atomic E-state index is 12.0. The van der Waals surface area contributed by atoms with E-state index in [0.717, 1.165) is 11.1 Å². The minimum absolute atomic E-state index is 0.0491. The van der Waals surface area contributed by atoms with Crippen molar-refractivity contribution >= 4 is 35.0 Å². The zero-order valence-electron chi connectivity index (χ0n) is 14.7. The van der Waals surface area contributed by atoms with Crippen LogP contribution >= 0.6 is 12.2 Å². The molecule has 0 fully saturated rings. The Bertz CT molecular complexity index is 849. The summed E-state index contributed by atoms with van der Waals surface area (Å²) in [6.07, 6.45) is 2.98. The topological polar surface area (TPSA) is 79.8 Å². The Kier molecular flexibility index (Phi) is 6.57. The van der Waals surface area contributed by atoms with E-state index in [4.69, 9.17) is 21.7 Å². The van der Waals surface area contributed by atoms with Crippen LogP contribution in [0.5, 0.6) is 17.2 Å². The van der Waals surface area contributed by atoms with E-state index >= 15 is 0 Å². The molecule has 0 bridgehead atoms. The summed E-state index contributed by atoms with van der Waals surface area (Å²) in [5, 5.41) is 15.2. The van der Waals surface area contributed by atoms with Crippen molar-refractivity contribution in [3.8, 4) is 17.2 Å². The van der Waals surface area contributed by atoms with E-state index in [2.05, 4.69) is 10.6 Å². The van der Waals surface area contributed by atoms with Gasteiger partial charge in [0.15, 0.2) is 16.6 Å². The molecule has 0 saturated carbocycles. The number of methoxy groups -OCH3 is 2. The fourth-order valence-electron chi connectivity index (χ4n) is 2.19. The molecular weight excluding hydrogens is 352 g/mol. The van der Waals surface area contributed by atoms with Crippen molar-refractivity contribution in [3.63, 3.8) is 0 Å². The lowest BCUT2D eigenvalue weighted by atomic mass is 10.2. The fourth-order valence-corrected chi connectivity index (χ4v) is 2.40. The Labute approximate surface area is 157 Å². The van der Waals surface area contributed by atoms with E-state index in [1.807, 2.05) is 6.92 Å². The van der Waals surface area contributed by atoms with Crippen molar-refractivity contribution < 1.29 is 19.4 Å². The van der Waals surface area contributed by atoms with Gasteiger partial charge in [0.25, 0.3) is 0 Å². The molecule has 26 heavy (non-hydrogen) atoms. The molecule has 0 saturated heterocycles. The van der Waals surface area contributed by atoms with Crippen LogP contribution < -0.4 is 20.1 Å². The molecule has 0 aliphatic carbocycles. The van der Waals surface area contributed by atoms with Gasteiger partial charge in [-0.2, -0.15) is 0 Å². The van der Waals surface area contributed by atoms with Crippen LogP contribution in [0.3, 0.4) is 0 Å². The van der Waals surface area contributed by atoms with Gasteiger partial charge < -0.3 is 19.9 Å². The quantitative estimate of drug-likeness (QED) is 0.425. The van der Waals surface area contributed by atoms with Gasteiger partial charge in [-0.1, -0.05) is 12.1 Å². The van der Waals surface area contributed by atoms with Gasteiger partial charge in [-0.3, -0.25) is 10.1 Å². The minimum Gasteiger partial charge on any atom is -0.506 e. The molecule has 0 aromatic heterocycles. The van der Waals surface area contributed by atoms with Gasteiger partial charge in [-0.25, -0.2) is 0 Å². The fraction of sp³-hybridized carbons (Fsp3) is 0.158. The maximum atomic E-state index is 12.0. The number of amides is 1. The van der Waals surface area contributed by atoms with Crippen molar-refractivity contribution in [2.75, 3.05) is 19.5 Å². The highest BCUT2D eigenvalue weighted by Gasteiger charge is 2.06. The molecule has 2 aromatic rings. The van der Waals surface area contributed by atoms with Gasteiger partial charge in [-0.15, -0.1) is 0 Å². The van der Waals surface area contributed by atoms with E-state index in [0.29, 0.717) is 17.2 Å². The lowest BCUT2D eigenvalue weighted by Crippen LogP contribution is -2.32. The standard InChI is InChI=1S/C19H20N2O4S/c1-12-4-7-15(22)14(10-12)20-19(26)21-18(23)9-6-13-5-8-16(24-2)17(11-13)25-3/h4-11,22H,1-3H3,(H2,20,21,23,26)/b9-6+. The number of rotatable bonds is 5. The number of benzene rings is 2. The third kappa shape index (κ3) is 5.22. The average Bonchev–Trinajstić information content (AvgIpc) is 2.62. The number of hydrogen-bond donors (Lipinski definition) is 3. The second kappa shape index (κ2) is 8.87. The van der Waals surface area contributed by atoms with Gasteiger partial charge in [0.05, 0.1) is 19.9 Å². The average molecular weight is 372 g/mol. The molecule has 0 radical (unpaired) electrons. The second-order valence-electron chi connectivity index (χ2n) is 5.41. The summed E-state index contributed by atoms with van der Waals surface area (Å²) in [6.45, 7) is 1.89. The summed E-state index contributed by atoms with van der Waals surface area (Å²) in [4.78, 5) is 12.0. The minimum atomic E-state index is -0.399. The Morgan fingerprint density at radius 1 is 1.12 bits per heavy atom. The Balaban J connectivity index is 1.98. The molecule has 3 N–H and O–H groups in total. The van der Waals surface area contributed by atoms with Crippen molar-refractivity contribution in [2.24, 2.45) is 0 Å². The summed E-state index contributed by atoms with van der Waals surface area (Å²) in [5.74, 6) is 0.831. The van der Waals surface area contributed by atoms with Crippen LogP contribution in [0.2, 0.25) is 0 Å². The van der Waals surface area contributed by atoms with Crippen LogP contribution in [0, 0.1) is 6.92 Å². The van der Waals surface area contributed by atoms with E-state index < -0.39 is 5.91 Å². The molecule has 0 spiro atoms. The maximum Gasteiger partial charge on any atom is 0.250 e. The Morgan fingerprint density at radius 3 is 2.54 bits per heavy atom. The van der Waals surface area contributed by atoms with Crippen LogP contribution in [-0.2, 0) is 4.79 Å². The lowest BCUT2D eigenvalue weighted by molar-refractivity contribution is -0.115. The third-order valence-corrected chi connectivity index (χ3v) is 3.68. The number of hydrogen-bond acceptors (Lipinski definition) is 5. The number of thiocarbonyl (C=S) groups is 1. The van der Waals surface area contributed by atoms with Crippen LogP contribution in [0.1, 0.15) is 11.1 Å². The number of phenols is 1. The van der Waals surface area contributed by atoms with Crippen LogP contribution in [0.25, 0.3) is 6.08 Å². The highest BCUT2D eigenvalue weighted by Crippen LogP contribution is 2.28. The number of aromatic hydroxyl groups is 1. The van der Waals surface area contributed by atoms with E-state index in [1.165, 1.54) is 6.08 Å². The molecule has 0 unspecified atom stereocenters. The summed E-state index contributed by atoms with van der Waals surface area (Å²) in [6, 6.07) is 10.4. The number of carbonyl (C=O) groups excluding carboxylic acids is 1. The first-order chi connectivity index (χ1) is 12.4. The van der Waals surface area contributed by atoms with Crippen molar-refractivity contribution in [1.82, 2.24) is 5.32 Å². The zero-order chi connectivity index (χ0) is 19.1. The molecule has 6 nitrogen and oxygen atoms in total. The lowest BCUT2D eigenvalue weighted by Gasteiger charge is -2.10. The first-order valence-electron chi connectivity index (χ1n) is 7.74. The van der Waals surface area contributed by atoms with Gasteiger partial charge in [-0.05, 0) is 60.6 Å². The predicted octanol–water partition coefficient (Wildman–Crippen LogP) is 3.24. The molecule has 2 aromatic carbocycles. The normalized spacial score (nSPS) is 10.4.